The first-order chi connectivity index (χ1) is 5.09. The van der Waals surface area contributed by atoms with Crippen molar-refractivity contribution in [2.75, 3.05) is 5.73 Å². The lowest BCUT2D eigenvalue weighted by Gasteiger charge is -1.97. The number of rotatable bonds is 2. The minimum Gasteiger partial charge on any atom is -0.381 e. The van der Waals surface area contributed by atoms with Crippen LogP contribution in [0.1, 0.15) is 6.92 Å². The molecule has 0 aliphatic heterocycles. The van der Waals surface area contributed by atoms with Gasteiger partial charge in [-0.25, -0.2) is 0 Å². The van der Waals surface area contributed by atoms with E-state index in [1.54, 1.807) is 10.9 Å². The molecule has 1 rings (SSSR count). The van der Waals surface area contributed by atoms with E-state index in [1.165, 1.54) is 0 Å². The Balaban J connectivity index is 2.81. The minimum absolute atomic E-state index is 0.368. The fourth-order valence-corrected chi connectivity index (χ4v) is 0.920. The Hall–Kier alpha value is -0.960. The predicted octanol–water partition coefficient (Wildman–Crippen LogP) is 1.69. The average molecular weight is 172 g/mol. The Morgan fingerprint density at radius 3 is 2.91 bits per heavy atom. The van der Waals surface area contributed by atoms with Gasteiger partial charge in [-0.2, -0.15) is 5.10 Å². The summed E-state index contributed by atoms with van der Waals surface area (Å²) in [5.74, 6) is 0.368. The van der Waals surface area contributed by atoms with Gasteiger partial charge in [-0.05, 0) is 6.92 Å². The van der Waals surface area contributed by atoms with Crippen LogP contribution in [0, 0.1) is 0 Å². The summed E-state index contributed by atoms with van der Waals surface area (Å²) in [6.45, 7) is 6.33. The van der Waals surface area contributed by atoms with E-state index in [9.17, 15) is 0 Å². The Morgan fingerprint density at radius 2 is 2.55 bits per heavy atom. The number of hydrogen-bond acceptors (Lipinski definition) is 2. The number of halogens is 1. The van der Waals surface area contributed by atoms with Gasteiger partial charge in [0.25, 0.3) is 0 Å². The first kappa shape index (κ1) is 8.14. The molecule has 0 unspecified atom stereocenters. The first-order valence-electron chi connectivity index (χ1n) is 3.22. The highest BCUT2D eigenvalue weighted by atomic mass is 35.5. The van der Waals surface area contributed by atoms with Gasteiger partial charge in [-0.3, -0.25) is 4.68 Å². The van der Waals surface area contributed by atoms with E-state index in [-0.39, 0.29) is 0 Å². The maximum atomic E-state index is 5.67. The zero-order valence-corrected chi connectivity index (χ0v) is 7.10. The molecular weight excluding hydrogens is 162 g/mol. The second-order valence-corrected chi connectivity index (χ2v) is 2.92. The van der Waals surface area contributed by atoms with Crippen molar-refractivity contribution < 1.29 is 0 Å². The van der Waals surface area contributed by atoms with Crippen molar-refractivity contribution in [1.82, 2.24) is 9.78 Å². The normalized spacial score (nSPS) is 10.0. The summed E-state index contributed by atoms with van der Waals surface area (Å²) < 4.78 is 1.67. The standard InChI is InChI=1S/C7H10ClN3/c1-5(2)3-11-4-6(8)7(9)10-11/h4H,1,3H2,2H3,(H2,9,10). The SMILES string of the molecule is C=C(C)Cn1cc(Cl)c(N)n1. The predicted molar refractivity (Wildman–Crippen MR) is 46.5 cm³/mol. The van der Waals surface area contributed by atoms with Crippen LogP contribution in [-0.4, -0.2) is 9.78 Å². The molecule has 0 saturated heterocycles. The quantitative estimate of drug-likeness (QED) is 0.689. The zero-order valence-electron chi connectivity index (χ0n) is 6.34. The zero-order chi connectivity index (χ0) is 8.43. The van der Waals surface area contributed by atoms with Crippen molar-refractivity contribution in [3.63, 3.8) is 0 Å². The fraction of sp³-hybridized carbons (Fsp3) is 0.286. The van der Waals surface area contributed by atoms with Crippen molar-refractivity contribution in [2.45, 2.75) is 13.5 Å². The number of allylic oxidation sites excluding steroid dienone is 1. The number of aromatic nitrogens is 2. The minimum atomic E-state index is 0.368. The second kappa shape index (κ2) is 2.96. The van der Waals surface area contributed by atoms with E-state index in [2.05, 4.69) is 11.7 Å². The molecule has 0 aliphatic carbocycles. The van der Waals surface area contributed by atoms with Crippen LogP contribution in [0.3, 0.4) is 0 Å². The molecule has 0 atom stereocenters. The van der Waals surface area contributed by atoms with Crippen LogP contribution in [0.4, 0.5) is 5.82 Å². The van der Waals surface area contributed by atoms with E-state index >= 15 is 0 Å². The lowest BCUT2D eigenvalue weighted by atomic mass is 10.4. The Bertz CT molecular complexity index is 258. The lowest BCUT2D eigenvalue weighted by Crippen LogP contribution is -1.99. The van der Waals surface area contributed by atoms with Gasteiger partial charge in [-0.1, -0.05) is 23.8 Å². The molecule has 0 radical (unpaired) electrons. The molecule has 1 aromatic rings. The molecule has 60 valence electrons. The largest absolute Gasteiger partial charge is 0.381 e. The summed E-state index contributed by atoms with van der Waals surface area (Å²) in [7, 11) is 0. The van der Waals surface area contributed by atoms with Crippen LogP contribution in [0.2, 0.25) is 5.02 Å². The van der Waals surface area contributed by atoms with Crippen LogP contribution in [-0.2, 0) is 6.54 Å². The van der Waals surface area contributed by atoms with Crippen LogP contribution < -0.4 is 5.73 Å². The van der Waals surface area contributed by atoms with E-state index in [1.807, 2.05) is 6.92 Å². The molecule has 11 heavy (non-hydrogen) atoms. The maximum absolute atomic E-state index is 5.67. The molecule has 0 spiro atoms. The smallest absolute Gasteiger partial charge is 0.164 e. The third kappa shape index (κ3) is 1.98. The summed E-state index contributed by atoms with van der Waals surface area (Å²) in [6.07, 6.45) is 1.69. The topological polar surface area (TPSA) is 43.8 Å². The molecule has 1 aromatic heterocycles. The van der Waals surface area contributed by atoms with Crippen LogP contribution in [0.5, 0.6) is 0 Å². The highest BCUT2D eigenvalue weighted by Crippen LogP contribution is 2.15. The van der Waals surface area contributed by atoms with Gasteiger partial charge in [0.2, 0.25) is 0 Å². The Morgan fingerprint density at radius 1 is 1.91 bits per heavy atom. The molecule has 0 saturated carbocycles. The Kier molecular flexibility index (Phi) is 2.19. The number of nitrogen functional groups attached to an aromatic ring is 1. The van der Waals surface area contributed by atoms with Gasteiger partial charge < -0.3 is 5.73 Å². The fourth-order valence-electron chi connectivity index (χ4n) is 0.770. The average Bonchev–Trinajstić information content (AvgIpc) is 2.10. The van der Waals surface area contributed by atoms with Gasteiger partial charge in [0.05, 0.1) is 6.54 Å². The van der Waals surface area contributed by atoms with Crippen LogP contribution >= 0.6 is 11.6 Å². The van der Waals surface area contributed by atoms with Crippen molar-refractivity contribution in [1.29, 1.82) is 0 Å². The van der Waals surface area contributed by atoms with E-state index in [4.69, 9.17) is 17.3 Å². The molecule has 1 heterocycles. The summed E-state index contributed by atoms with van der Waals surface area (Å²) >= 11 is 5.67. The highest BCUT2D eigenvalue weighted by molar-refractivity contribution is 6.32. The van der Waals surface area contributed by atoms with E-state index < -0.39 is 0 Å². The van der Waals surface area contributed by atoms with Crippen molar-refractivity contribution in [2.24, 2.45) is 0 Å². The molecule has 0 aliphatic rings. The number of nitrogens with zero attached hydrogens (tertiary/aromatic N) is 2. The van der Waals surface area contributed by atoms with E-state index in [0.29, 0.717) is 17.4 Å². The third-order valence-corrected chi connectivity index (χ3v) is 1.47. The van der Waals surface area contributed by atoms with Gasteiger partial charge in [0.1, 0.15) is 5.02 Å². The summed E-state index contributed by atoms with van der Waals surface area (Å²) in [5.41, 5.74) is 6.44. The van der Waals surface area contributed by atoms with Crippen molar-refractivity contribution >= 4 is 17.4 Å². The van der Waals surface area contributed by atoms with Crippen LogP contribution in [0.25, 0.3) is 0 Å². The monoisotopic (exact) mass is 171 g/mol. The van der Waals surface area contributed by atoms with Crippen molar-refractivity contribution in [3.05, 3.63) is 23.4 Å². The second-order valence-electron chi connectivity index (χ2n) is 2.52. The molecule has 0 amide bonds. The summed E-state index contributed by atoms with van der Waals surface area (Å²) in [5, 5.41) is 4.44. The molecular formula is C7H10ClN3. The van der Waals surface area contributed by atoms with Gasteiger partial charge in [0.15, 0.2) is 5.82 Å². The maximum Gasteiger partial charge on any atom is 0.164 e. The van der Waals surface area contributed by atoms with Gasteiger partial charge in [0, 0.05) is 6.20 Å². The van der Waals surface area contributed by atoms with Crippen LogP contribution in [0.15, 0.2) is 18.3 Å². The van der Waals surface area contributed by atoms with Gasteiger partial charge >= 0.3 is 0 Å². The first-order valence-corrected chi connectivity index (χ1v) is 3.60. The molecule has 0 bridgehead atoms. The van der Waals surface area contributed by atoms with Gasteiger partial charge in [-0.15, -0.1) is 0 Å². The number of nitrogens with two attached hydrogens (primary N) is 1. The Labute approximate surface area is 70.5 Å². The molecule has 3 nitrogen and oxygen atoms in total. The van der Waals surface area contributed by atoms with E-state index in [0.717, 1.165) is 5.57 Å². The molecule has 4 heteroatoms. The molecule has 2 N–H and O–H groups in total. The number of hydrogen-bond donors (Lipinski definition) is 1. The molecule has 0 aromatic carbocycles. The molecule has 0 fully saturated rings. The highest BCUT2D eigenvalue weighted by Gasteiger charge is 2.01. The summed E-state index contributed by atoms with van der Waals surface area (Å²) in [6, 6.07) is 0. The lowest BCUT2D eigenvalue weighted by molar-refractivity contribution is 0.682. The summed E-state index contributed by atoms with van der Waals surface area (Å²) in [4.78, 5) is 0. The van der Waals surface area contributed by atoms with Crippen molar-refractivity contribution in [3.8, 4) is 0 Å². The number of anilines is 1. The third-order valence-electron chi connectivity index (χ3n) is 1.18.